The second-order valence-corrected chi connectivity index (χ2v) is 10.3. The summed E-state index contributed by atoms with van der Waals surface area (Å²) >= 11 is 0. The molecule has 0 amide bonds. The average molecular weight is 416 g/mol. The Morgan fingerprint density at radius 2 is 1.86 bits per heavy atom. The highest BCUT2D eigenvalue weighted by molar-refractivity contribution is 7.68. The van der Waals surface area contributed by atoms with E-state index in [9.17, 15) is 14.7 Å². The summed E-state index contributed by atoms with van der Waals surface area (Å²) in [6, 6.07) is 15.1. The van der Waals surface area contributed by atoms with Gasteiger partial charge in [0.2, 0.25) is 0 Å². The van der Waals surface area contributed by atoms with Crippen LogP contribution in [0.15, 0.2) is 54.6 Å². The first kappa shape index (κ1) is 21.5. The lowest BCUT2D eigenvalue weighted by Gasteiger charge is -2.39. The first-order valence-corrected chi connectivity index (χ1v) is 11.8. The molecule has 6 nitrogen and oxygen atoms in total. The van der Waals surface area contributed by atoms with E-state index in [0.29, 0.717) is 28.7 Å². The fourth-order valence-corrected chi connectivity index (χ4v) is 6.03. The first-order chi connectivity index (χ1) is 13.8. The average Bonchev–Trinajstić information content (AvgIpc) is 2.68. The molecule has 7 heteroatoms. The highest BCUT2D eigenvalue weighted by Crippen LogP contribution is 2.51. The van der Waals surface area contributed by atoms with Crippen molar-refractivity contribution in [2.24, 2.45) is 17.8 Å². The van der Waals surface area contributed by atoms with Crippen molar-refractivity contribution in [3.05, 3.63) is 64.7 Å². The molecule has 1 aliphatic carbocycles. The maximum Gasteiger partial charge on any atom is 0.324 e. The van der Waals surface area contributed by atoms with Gasteiger partial charge in [-0.3, -0.25) is 14.7 Å². The minimum absolute atomic E-state index is 0.0547. The second-order valence-electron chi connectivity index (χ2n) is 8.28. The molecular formula is C22H29N2O4P. The molecule has 0 bridgehead atoms. The second kappa shape index (κ2) is 9.10. The number of benzene rings is 2. The monoisotopic (exact) mass is 416 g/mol. The van der Waals surface area contributed by atoms with Gasteiger partial charge in [0.25, 0.3) is 5.69 Å². The van der Waals surface area contributed by atoms with Gasteiger partial charge in [-0.2, -0.15) is 0 Å². The molecule has 29 heavy (non-hydrogen) atoms. The van der Waals surface area contributed by atoms with Crippen molar-refractivity contribution in [3.63, 3.8) is 0 Å². The van der Waals surface area contributed by atoms with E-state index >= 15 is 0 Å². The molecule has 0 aliphatic heterocycles. The zero-order chi connectivity index (χ0) is 21.0. The molecule has 3 rings (SSSR count). The maximum absolute atomic E-state index is 14.1. The van der Waals surface area contributed by atoms with E-state index < -0.39 is 12.4 Å². The molecule has 2 aromatic rings. The van der Waals surface area contributed by atoms with Crippen LogP contribution < -0.4 is 10.4 Å². The Bertz CT molecular complexity index is 887. The molecule has 4 atom stereocenters. The molecule has 0 aromatic heterocycles. The number of hydrogen-bond donors (Lipinski definition) is 1. The van der Waals surface area contributed by atoms with Crippen molar-refractivity contribution in [1.29, 1.82) is 0 Å². The zero-order valence-corrected chi connectivity index (χ0v) is 18.0. The smallest absolute Gasteiger partial charge is 0.312 e. The quantitative estimate of drug-likeness (QED) is 0.340. The van der Waals surface area contributed by atoms with Crippen molar-refractivity contribution in [3.8, 4) is 0 Å². The minimum Gasteiger partial charge on any atom is -0.312 e. The molecule has 1 aliphatic rings. The number of nitrogens with one attached hydrogen (secondary N) is 1. The summed E-state index contributed by atoms with van der Waals surface area (Å²) in [7, 11) is -3.49. The zero-order valence-electron chi connectivity index (χ0n) is 17.2. The van der Waals surface area contributed by atoms with Crippen molar-refractivity contribution < 1.29 is 14.0 Å². The van der Waals surface area contributed by atoms with Gasteiger partial charge in [-0.25, -0.2) is 0 Å². The van der Waals surface area contributed by atoms with Crippen LogP contribution in [0.1, 0.15) is 40.0 Å². The number of nitro benzene ring substituents is 1. The van der Waals surface area contributed by atoms with Gasteiger partial charge in [-0.1, -0.05) is 51.5 Å². The Morgan fingerprint density at radius 1 is 1.14 bits per heavy atom. The van der Waals surface area contributed by atoms with Crippen LogP contribution in [0.5, 0.6) is 0 Å². The Kier molecular flexibility index (Phi) is 6.76. The number of nitrogens with zero attached hydrogens (tertiary/aromatic N) is 1. The molecule has 1 saturated carbocycles. The third-order valence-corrected chi connectivity index (χ3v) is 7.77. The van der Waals surface area contributed by atoms with Crippen LogP contribution in [0.4, 0.5) is 11.4 Å². The van der Waals surface area contributed by atoms with Gasteiger partial charge < -0.3 is 9.61 Å². The minimum atomic E-state index is -3.49. The van der Waals surface area contributed by atoms with E-state index in [2.05, 4.69) is 25.9 Å². The lowest BCUT2D eigenvalue weighted by molar-refractivity contribution is -0.384. The van der Waals surface area contributed by atoms with Crippen molar-refractivity contribution >= 4 is 24.2 Å². The van der Waals surface area contributed by atoms with Gasteiger partial charge in [-0.05, 0) is 48.8 Å². The molecule has 0 unspecified atom stereocenters. The van der Waals surface area contributed by atoms with Crippen molar-refractivity contribution in [1.82, 2.24) is 0 Å². The molecule has 1 N–H and O–H groups in total. The molecule has 0 radical (unpaired) electrons. The number of non-ortho nitro benzene ring substituents is 1. The van der Waals surface area contributed by atoms with Crippen LogP contribution in [0.2, 0.25) is 0 Å². The van der Waals surface area contributed by atoms with Gasteiger partial charge in [0.05, 0.1) is 16.3 Å². The third kappa shape index (κ3) is 5.26. The van der Waals surface area contributed by atoms with Gasteiger partial charge in [0.15, 0.2) is 0 Å². The number of hydrogen-bond acceptors (Lipinski definition) is 4. The standard InChI is InChI=1S/C22H29N2O4P/c1-16(2)21-13-12-17(3)14-22(21)28-29(27,20-10-5-4-6-11-20)23-18-8-7-9-19(15-18)24(25)26/h4-11,15-17,21-22H,12-14H2,1-3H3,(H,23,27)/t17-,21-,22+,29-/m0/s1. The highest BCUT2D eigenvalue weighted by Gasteiger charge is 2.38. The van der Waals surface area contributed by atoms with E-state index in [1.54, 1.807) is 24.3 Å². The normalized spacial score (nSPS) is 24.1. The van der Waals surface area contributed by atoms with Gasteiger partial charge in [0.1, 0.15) is 0 Å². The topological polar surface area (TPSA) is 81.5 Å². The number of anilines is 1. The summed E-state index contributed by atoms with van der Waals surface area (Å²) in [4.78, 5) is 10.7. The molecule has 1 fully saturated rings. The predicted octanol–water partition coefficient (Wildman–Crippen LogP) is 6.00. The first-order valence-electron chi connectivity index (χ1n) is 10.2. The van der Waals surface area contributed by atoms with Crippen LogP contribution in [0.3, 0.4) is 0 Å². The Labute approximate surface area is 172 Å². The maximum atomic E-state index is 14.1. The third-order valence-electron chi connectivity index (χ3n) is 5.67. The van der Waals surface area contributed by atoms with Crippen molar-refractivity contribution in [2.45, 2.75) is 46.1 Å². The Morgan fingerprint density at radius 3 is 2.52 bits per heavy atom. The summed E-state index contributed by atoms with van der Waals surface area (Å²) in [5.41, 5.74) is 0.359. The van der Waals surface area contributed by atoms with Crippen LogP contribution >= 0.6 is 7.52 Å². The molecule has 0 heterocycles. The lowest BCUT2D eigenvalue weighted by atomic mass is 9.75. The largest absolute Gasteiger partial charge is 0.324 e. The molecule has 2 aromatic carbocycles. The molecular weight excluding hydrogens is 387 g/mol. The van der Waals surface area contributed by atoms with E-state index in [1.165, 1.54) is 12.1 Å². The fraction of sp³-hybridized carbons (Fsp3) is 0.455. The SMILES string of the molecule is CC(C)[C@@H]1CC[C@H](C)C[C@H]1O[P@](=O)(Nc1cccc([N+](=O)[O-])c1)c1ccccc1. The van der Waals surface area contributed by atoms with Crippen LogP contribution in [0, 0.1) is 27.9 Å². The van der Waals surface area contributed by atoms with Crippen LogP contribution in [-0.4, -0.2) is 11.0 Å². The Balaban J connectivity index is 1.95. The predicted molar refractivity (Wildman–Crippen MR) is 117 cm³/mol. The molecule has 0 saturated heterocycles. The molecule has 0 spiro atoms. The number of nitro groups is 1. The lowest BCUT2D eigenvalue weighted by Crippen LogP contribution is -2.35. The van der Waals surface area contributed by atoms with E-state index in [0.717, 1.165) is 19.3 Å². The Hall–Kier alpha value is -2.17. The van der Waals surface area contributed by atoms with E-state index in [-0.39, 0.29) is 11.8 Å². The molecule has 156 valence electrons. The van der Waals surface area contributed by atoms with Gasteiger partial charge >= 0.3 is 7.52 Å². The fourth-order valence-electron chi connectivity index (χ4n) is 4.06. The van der Waals surface area contributed by atoms with E-state index in [4.69, 9.17) is 4.52 Å². The van der Waals surface area contributed by atoms with Crippen molar-refractivity contribution in [2.75, 3.05) is 5.09 Å². The van der Waals surface area contributed by atoms with Crippen LogP contribution in [0.25, 0.3) is 0 Å². The summed E-state index contributed by atoms with van der Waals surface area (Å²) in [5.74, 6) is 1.27. The van der Waals surface area contributed by atoms with E-state index in [1.807, 2.05) is 18.2 Å². The summed E-state index contributed by atoms with van der Waals surface area (Å²) in [6.07, 6.45) is 2.93. The van der Waals surface area contributed by atoms with Gasteiger partial charge in [0, 0.05) is 17.8 Å². The summed E-state index contributed by atoms with van der Waals surface area (Å²) in [5, 5.41) is 14.7. The van der Waals surface area contributed by atoms with Gasteiger partial charge in [-0.15, -0.1) is 0 Å². The number of rotatable bonds is 7. The summed E-state index contributed by atoms with van der Waals surface area (Å²) < 4.78 is 20.5. The summed E-state index contributed by atoms with van der Waals surface area (Å²) in [6.45, 7) is 6.56. The van der Waals surface area contributed by atoms with Crippen LogP contribution in [-0.2, 0) is 9.09 Å². The highest BCUT2D eigenvalue weighted by atomic mass is 31.2.